The number of H-pyrrole nitrogens is 1. The Labute approximate surface area is 184 Å². The number of halogens is 1. The average molecular weight is 455 g/mol. The van der Waals surface area contributed by atoms with E-state index in [2.05, 4.69) is 20.2 Å². The molecule has 0 radical (unpaired) electrons. The second-order valence-corrected chi connectivity index (χ2v) is 8.73. The number of aromatic amines is 1. The zero-order chi connectivity index (χ0) is 22.0. The number of para-hydroxylation sites is 1. The Morgan fingerprint density at radius 1 is 0.903 bits per heavy atom. The highest BCUT2D eigenvalue weighted by molar-refractivity contribution is 7.90. The lowest BCUT2D eigenvalue weighted by Gasteiger charge is -2.12. The van der Waals surface area contributed by atoms with Gasteiger partial charge in [-0.25, -0.2) is 0 Å². The van der Waals surface area contributed by atoms with Crippen molar-refractivity contribution in [1.29, 1.82) is 0 Å². The van der Waals surface area contributed by atoms with Gasteiger partial charge in [0, 0.05) is 21.5 Å². The number of nitrogens with two attached hydrogens (primary N) is 2. The molecule has 0 unspecified atom stereocenters. The van der Waals surface area contributed by atoms with Crippen molar-refractivity contribution < 1.29 is 8.42 Å². The van der Waals surface area contributed by atoms with E-state index in [0.717, 1.165) is 27.8 Å². The molecule has 4 rings (SSSR count). The average Bonchev–Trinajstić information content (AvgIpc) is 3.11. The van der Waals surface area contributed by atoms with Crippen LogP contribution in [0.15, 0.2) is 82.1 Å². The summed E-state index contributed by atoms with van der Waals surface area (Å²) in [6, 6.07) is 21.5. The van der Waals surface area contributed by atoms with Crippen molar-refractivity contribution in [1.82, 2.24) is 4.98 Å². The van der Waals surface area contributed by atoms with Crippen molar-refractivity contribution >= 4 is 49.9 Å². The number of fused-ring (bicyclic) bond motifs is 1. The number of rotatable bonds is 6. The van der Waals surface area contributed by atoms with Crippen molar-refractivity contribution in [3.63, 3.8) is 0 Å². The lowest BCUT2D eigenvalue weighted by molar-refractivity contribution is 0.598. The molecule has 8 nitrogen and oxygen atoms in total. The molecule has 0 amide bonds. The van der Waals surface area contributed by atoms with Gasteiger partial charge < -0.3 is 21.9 Å². The maximum atomic E-state index is 12.1. The summed E-state index contributed by atoms with van der Waals surface area (Å²) in [5.41, 5.74) is 21.0. The molecule has 158 valence electrons. The molecular weight excluding hydrogens is 436 g/mol. The first-order chi connectivity index (χ1) is 14.8. The summed E-state index contributed by atoms with van der Waals surface area (Å²) in [6.45, 7) is 0. The Balaban J connectivity index is 1.63. The highest BCUT2D eigenvalue weighted by atomic mass is 35.5. The number of anilines is 2. The van der Waals surface area contributed by atoms with Gasteiger partial charge in [0.15, 0.2) is 0 Å². The summed E-state index contributed by atoms with van der Waals surface area (Å²) < 4.78 is 27.4. The third-order valence-electron chi connectivity index (χ3n) is 4.55. The fraction of sp³-hybridized carbons (Fsp3) is 0. The molecule has 0 saturated heterocycles. The van der Waals surface area contributed by atoms with Crippen molar-refractivity contribution in [2.75, 3.05) is 10.9 Å². The van der Waals surface area contributed by atoms with Gasteiger partial charge in [0.2, 0.25) is 5.96 Å². The predicted molar refractivity (Wildman–Crippen MR) is 125 cm³/mol. The van der Waals surface area contributed by atoms with Crippen LogP contribution in [0, 0.1) is 0 Å². The third-order valence-corrected chi connectivity index (χ3v) is 6.12. The maximum absolute atomic E-state index is 12.1. The molecule has 0 aliphatic rings. The minimum absolute atomic E-state index is 0.0135. The van der Waals surface area contributed by atoms with Crippen molar-refractivity contribution in [3.05, 3.63) is 77.8 Å². The number of nitrogens with zero attached hydrogens (tertiary/aromatic N) is 1. The number of sulfonamides is 1. The van der Waals surface area contributed by atoms with E-state index in [4.69, 9.17) is 23.1 Å². The van der Waals surface area contributed by atoms with Crippen LogP contribution in [0.2, 0.25) is 5.02 Å². The van der Waals surface area contributed by atoms with Gasteiger partial charge in [-0.15, -0.1) is 4.40 Å². The molecule has 0 bridgehead atoms. The van der Waals surface area contributed by atoms with Crippen LogP contribution in [-0.2, 0) is 10.0 Å². The number of benzene rings is 3. The van der Waals surface area contributed by atoms with Gasteiger partial charge in [-0.2, -0.15) is 8.42 Å². The van der Waals surface area contributed by atoms with E-state index in [9.17, 15) is 8.42 Å². The molecule has 0 aliphatic heterocycles. The number of hydrogen-bond donors (Lipinski definition) is 5. The van der Waals surface area contributed by atoms with Crippen LogP contribution in [0.5, 0.6) is 0 Å². The van der Waals surface area contributed by atoms with Crippen LogP contribution >= 0.6 is 11.6 Å². The van der Waals surface area contributed by atoms with Gasteiger partial charge in [-0.1, -0.05) is 41.9 Å². The number of nitrogens with one attached hydrogen (secondary N) is 3. The Kier molecular flexibility index (Phi) is 5.45. The van der Waals surface area contributed by atoms with E-state index in [1.54, 1.807) is 12.1 Å². The molecule has 0 fully saturated rings. The molecule has 31 heavy (non-hydrogen) atoms. The summed E-state index contributed by atoms with van der Waals surface area (Å²) in [4.78, 5) is 3.41. The van der Waals surface area contributed by atoms with Gasteiger partial charge in [0.05, 0.1) is 22.0 Å². The second kappa shape index (κ2) is 8.21. The van der Waals surface area contributed by atoms with Crippen LogP contribution in [0.1, 0.15) is 0 Å². The van der Waals surface area contributed by atoms with Crippen LogP contribution in [0.25, 0.3) is 22.2 Å². The van der Waals surface area contributed by atoms with Gasteiger partial charge >= 0.3 is 0 Å². The van der Waals surface area contributed by atoms with Crippen LogP contribution in [0.4, 0.5) is 11.4 Å². The Morgan fingerprint density at radius 2 is 1.58 bits per heavy atom. The molecule has 0 atom stereocenters. The molecule has 0 spiro atoms. The van der Waals surface area contributed by atoms with Crippen LogP contribution in [-0.4, -0.2) is 19.4 Å². The van der Waals surface area contributed by atoms with Crippen molar-refractivity contribution in [2.24, 2.45) is 15.9 Å². The minimum Gasteiger partial charge on any atom is -0.369 e. The number of hydrazine groups is 1. The SMILES string of the molecule is NC(N)=NS(=O)(=O)c1ccc(NNc2c(-c3ccc(Cl)cc3)[nH]c3ccccc23)cc1. The molecule has 0 aliphatic carbocycles. The fourth-order valence-corrected chi connectivity index (χ4v) is 4.13. The highest BCUT2D eigenvalue weighted by Crippen LogP contribution is 2.35. The molecule has 0 saturated carbocycles. The first-order valence-electron chi connectivity index (χ1n) is 9.18. The summed E-state index contributed by atoms with van der Waals surface area (Å²) in [7, 11) is -3.94. The normalized spacial score (nSPS) is 11.3. The summed E-state index contributed by atoms with van der Waals surface area (Å²) in [6.07, 6.45) is 0. The molecule has 1 heterocycles. The standard InChI is InChI=1S/C21H19ClN6O2S/c22-14-7-5-13(6-8-14)19-20(17-3-1-2-4-18(17)25-19)27-26-15-9-11-16(12-10-15)31(29,30)28-21(23)24/h1-12,25-27H,(H4,23,24,28). The van der Waals surface area contributed by atoms with Gasteiger partial charge in [0.1, 0.15) is 0 Å². The van der Waals surface area contributed by atoms with Crippen LogP contribution < -0.4 is 22.3 Å². The fourth-order valence-electron chi connectivity index (χ4n) is 3.14. The van der Waals surface area contributed by atoms with Crippen LogP contribution in [0.3, 0.4) is 0 Å². The Morgan fingerprint density at radius 3 is 2.26 bits per heavy atom. The lowest BCUT2D eigenvalue weighted by atomic mass is 10.1. The molecular formula is C21H19ClN6O2S. The molecule has 4 aromatic rings. The van der Waals surface area contributed by atoms with Gasteiger partial charge in [0.25, 0.3) is 10.0 Å². The van der Waals surface area contributed by atoms with E-state index in [1.807, 2.05) is 48.5 Å². The number of aromatic nitrogens is 1. The molecule has 1 aromatic heterocycles. The lowest BCUT2D eigenvalue weighted by Crippen LogP contribution is -2.24. The summed E-state index contributed by atoms with van der Waals surface area (Å²) >= 11 is 6.03. The zero-order valence-corrected chi connectivity index (χ0v) is 17.7. The molecule has 3 aromatic carbocycles. The molecule has 7 N–H and O–H groups in total. The Hall–Kier alpha value is -3.69. The second-order valence-electron chi connectivity index (χ2n) is 6.69. The van der Waals surface area contributed by atoms with Gasteiger partial charge in [-0.05, 0) is 42.5 Å². The number of hydrogen-bond acceptors (Lipinski definition) is 4. The van der Waals surface area contributed by atoms with Gasteiger partial charge in [-0.3, -0.25) is 5.43 Å². The van der Waals surface area contributed by atoms with E-state index in [0.29, 0.717) is 10.7 Å². The van der Waals surface area contributed by atoms with E-state index in [-0.39, 0.29) is 4.90 Å². The van der Waals surface area contributed by atoms with Crippen molar-refractivity contribution in [3.8, 4) is 11.3 Å². The van der Waals surface area contributed by atoms with E-state index < -0.39 is 16.0 Å². The minimum atomic E-state index is -3.94. The monoisotopic (exact) mass is 454 g/mol. The highest BCUT2D eigenvalue weighted by Gasteiger charge is 2.14. The quantitative estimate of drug-likeness (QED) is 0.170. The van der Waals surface area contributed by atoms with E-state index >= 15 is 0 Å². The zero-order valence-electron chi connectivity index (χ0n) is 16.1. The largest absolute Gasteiger partial charge is 0.369 e. The predicted octanol–water partition coefficient (Wildman–Crippen LogP) is 3.89. The summed E-state index contributed by atoms with van der Waals surface area (Å²) in [5.74, 6) is -0.516. The van der Waals surface area contributed by atoms with Crippen molar-refractivity contribution in [2.45, 2.75) is 4.90 Å². The topological polar surface area (TPSA) is 138 Å². The Bertz CT molecular complexity index is 1360. The summed E-state index contributed by atoms with van der Waals surface area (Å²) in [5, 5.41) is 1.65. The third kappa shape index (κ3) is 4.42. The first-order valence-corrected chi connectivity index (χ1v) is 11.0. The maximum Gasteiger partial charge on any atom is 0.285 e. The van der Waals surface area contributed by atoms with E-state index in [1.165, 1.54) is 12.1 Å². The smallest absolute Gasteiger partial charge is 0.285 e. The first kappa shape index (κ1) is 20.6. The molecule has 10 heteroatoms. The number of guanidine groups is 1.